The van der Waals surface area contributed by atoms with Crippen LogP contribution >= 0.6 is 15.9 Å². The van der Waals surface area contributed by atoms with Gasteiger partial charge in [0, 0.05) is 13.1 Å². The molecule has 2 rings (SSSR count). The molecule has 0 unspecified atom stereocenters. The zero-order chi connectivity index (χ0) is 12.6. The van der Waals surface area contributed by atoms with Crippen LogP contribution in [0.15, 0.2) is 18.2 Å². The molecule has 1 aromatic rings. The van der Waals surface area contributed by atoms with Crippen molar-refractivity contribution < 1.29 is 9.90 Å². The number of hydrogen-bond acceptors (Lipinski definition) is 2. The van der Waals surface area contributed by atoms with Gasteiger partial charge in [-0.2, -0.15) is 0 Å². The number of amides is 1. The summed E-state index contributed by atoms with van der Waals surface area (Å²) in [5.74, 6) is 0.350. The lowest BCUT2D eigenvalue weighted by molar-refractivity contribution is -0.133. The molecule has 0 saturated carbocycles. The first kappa shape index (κ1) is 12.4. The summed E-state index contributed by atoms with van der Waals surface area (Å²) >= 11 is 3.39. The van der Waals surface area contributed by atoms with Crippen molar-refractivity contribution in [2.24, 2.45) is 0 Å². The van der Waals surface area contributed by atoms with E-state index in [-0.39, 0.29) is 11.7 Å². The Kier molecular flexibility index (Phi) is 3.17. The molecule has 0 fully saturated rings. The van der Waals surface area contributed by atoms with Gasteiger partial charge in [-0.15, -0.1) is 0 Å². The Hall–Kier alpha value is -1.03. The molecule has 0 bridgehead atoms. The number of benzene rings is 1. The number of fused-ring (bicyclic) bond motifs is 1. The van der Waals surface area contributed by atoms with E-state index in [1.807, 2.05) is 24.8 Å². The van der Waals surface area contributed by atoms with E-state index in [1.54, 1.807) is 12.1 Å². The van der Waals surface area contributed by atoms with Crippen LogP contribution < -0.4 is 0 Å². The molecule has 0 aromatic heterocycles. The van der Waals surface area contributed by atoms with Crippen LogP contribution in [-0.4, -0.2) is 26.8 Å². The molecule has 1 aliphatic rings. The van der Waals surface area contributed by atoms with Crippen LogP contribution in [0.2, 0.25) is 0 Å². The van der Waals surface area contributed by atoms with Crippen LogP contribution in [0.25, 0.3) is 0 Å². The van der Waals surface area contributed by atoms with Crippen molar-refractivity contribution in [2.45, 2.75) is 31.1 Å². The van der Waals surface area contributed by atoms with E-state index in [1.165, 1.54) is 5.56 Å². The number of carbonyl (C=O) groups is 1. The van der Waals surface area contributed by atoms with Gasteiger partial charge in [0.2, 0.25) is 5.91 Å². The summed E-state index contributed by atoms with van der Waals surface area (Å²) in [7, 11) is 0. The SMILES string of the molecule is CC(C)(Br)C(=O)N1CCc2ccc(O)cc2C1. The Morgan fingerprint density at radius 2 is 2.12 bits per heavy atom. The Balaban J connectivity index is 2.21. The lowest BCUT2D eigenvalue weighted by Crippen LogP contribution is -2.44. The number of phenols is 1. The largest absolute Gasteiger partial charge is 0.508 e. The van der Waals surface area contributed by atoms with Gasteiger partial charge in [0.1, 0.15) is 5.75 Å². The number of halogens is 1. The summed E-state index contributed by atoms with van der Waals surface area (Å²) in [6.45, 7) is 5.03. The summed E-state index contributed by atoms with van der Waals surface area (Å²) in [4.78, 5) is 14.0. The van der Waals surface area contributed by atoms with Crippen molar-refractivity contribution in [3.63, 3.8) is 0 Å². The lowest BCUT2D eigenvalue weighted by Gasteiger charge is -2.32. The number of hydrogen-bond donors (Lipinski definition) is 1. The number of phenolic OH excluding ortho intramolecular Hbond substituents is 1. The zero-order valence-corrected chi connectivity index (χ0v) is 11.6. The van der Waals surface area contributed by atoms with Crippen molar-refractivity contribution in [2.75, 3.05) is 6.54 Å². The van der Waals surface area contributed by atoms with E-state index >= 15 is 0 Å². The molecule has 1 aromatic carbocycles. The first-order valence-electron chi connectivity index (χ1n) is 5.67. The molecule has 0 atom stereocenters. The van der Waals surface area contributed by atoms with Gasteiger partial charge in [-0.1, -0.05) is 22.0 Å². The molecule has 1 heterocycles. The number of carbonyl (C=O) groups excluding carboxylic acids is 1. The Morgan fingerprint density at radius 3 is 2.76 bits per heavy atom. The van der Waals surface area contributed by atoms with E-state index in [2.05, 4.69) is 15.9 Å². The lowest BCUT2D eigenvalue weighted by atomic mass is 9.98. The molecule has 1 N–H and O–H groups in total. The minimum Gasteiger partial charge on any atom is -0.508 e. The first-order chi connectivity index (χ1) is 7.88. The van der Waals surface area contributed by atoms with Gasteiger partial charge in [-0.05, 0) is 43.5 Å². The van der Waals surface area contributed by atoms with Crippen LogP contribution in [0.4, 0.5) is 0 Å². The number of alkyl halides is 1. The highest BCUT2D eigenvalue weighted by atomic mass is 79.9. The molecular weight excluding hydrogens is 282 g/mol. The molecule has 92 valence electrons. The fourth-order valence-electron chi connectivity index (χ4n) is 2.09. The average Bonchev–Trinajstić information content (AvgIpc) is 2.25. The van der Waals surface area contributed by atoms with Crippen LogP contribution in [0.3, 0.4) is 0 Å². The summed E-state index contributed by atoms with van der Waals surface area (Å²) in [6, 6.07) is 5.38. The van der Waals surface area contributed by atoms with Crippen LogP contribution in [0.1, 0.15) is 25.0 Å². The smallest absolute Gasteiger partial charge is 0.239 e. The third-order valence-electron chi connectivity index (χ3n) is 3.00. The third-order valence-corrected chi connectivity index (χ3v) is 3.34. The minimum absolute atomic E-state index is 0.0893. The Bertz CT molecular complexity index is 451. The maximum Gasteiger partial charge on any atom is 0.239 e. The van der Waals surface area contributed by atoms with Gasteiger partial charge in [0.05, 0.1) is 4.32 Å². The highest BCUT2D eigenvalue weighted by Crippen LogP contribution is 2.26. The zero-order valence-electron chi connectivity index (χ0n) is 10.0. The van der Waals surface area contributed by atoms with Crippen LogP contribution in [0, 0.1) is 0 Å². The van der Waals surface area contributed by atoms with Gasteiger partial charge >= 0.3 is 0 Å². The Morgan fingerprint density at radius 1 is 1.41 bits per heavy atom. The fraction of sp³-hybridized carbons (Fsp3) is 0.462. The molecule has 0 radical (unpaired) electrons. The van der Waals surface area contributed by atoms with E-state index in [9.17, 15) is 9.90 Å². The summed E-state index contributed by atoms with van der Waals surface area (Å²) in [5.41, 5.74) is 2.26. The van der Waals surface area contributed by atoms with Crippen molar-refractivity contribution in [3.8, 4) is 5.75 Å². The topological polar surface area (TPSA) is 40.5 Å². The molecule has 0 saturated heterocycles. The highest BCUT2D eigenvalue weighted by molar-refractivity contribution is 9.10. The van der Waals surface area contributed by atoms with Crippen LogP contribution in [-0.2, 0) is 17.8 Å². The molecule has 17 heavy (non-hydrogen) atoms. The predicted molar refractivity (Wildman–Crippen MR) is 70.2 cm³/mol. The van der Waals surface area contributed by atoms with Gasteiger partial charge in [0.15, 0.2) is 0 Å². The van der Waals surface area contributed by atoms with E-state index in [4.69, 9.17) is 0 Å². The van der Waals surface area contributed by atoms with Crippen molar-refractivity contribution in [3.05, 3.63) is 29.3 Å². The molecule has 0 spiro atoms. The summed E-state index contributed by atoms with van der Waals surface area (Å²) in [5, 5.41) is 9.46. The van der Waals surface area contributed by atoms with Gasteiger partial charge in [0.25, 0.3) is 0 Å². The maximum atomic E-state index is 12.1. The van der Waals surface area contributed by atoms with Gasteiger partial charge in [-0.25, -0.2) is 0 Å². The summed E-state index contributed by atoms with van der Waals surface area (Å²) in [6.07, 6.45) is 0.852. The minimum atomic E-state index is -0.526. The molecule has 0 aliphatic carbocycles. The maximum absolute atomic E-state index is 12.1. The number of aromatic hydroxyl groups is 1. The first-order valence-corrected chi connectivity index (χ1v) is 6.46. The monoisotopic (exact) mass is 297 g/mol. The second-order valence-corrected chi connectivity index (χ2v) is 6.88. The number of nitrogens with zero attached hydrogens (tertiary/aromatic N) is 1. The third kappa shape index (κ3) is 2.63. The van der Waals surface area contributed by atoms with E-state index in [0.717, 1.165) is 18.5 Å². The molecule has 1 aliphatic heterocycles. The Labute approximate surface area is 110 Å². The quantitative estimate of drug-likeness (QED) is 0.809. The normalized spacial score (nSPS) is 15.6. The molecule has 1 amide bonds. The number of rotatable bonds is 1. The van der Waals surface area contributed by atoms with Gasteiger partial charge in [-0.3, -0.25) is 4.79 Å². The second kappa shape index (κ2) is 4.33. The van der Waals surface area contributed by atoms with Gasteiger partial charge < -0.3 is 10.0 Å². The van der Waals surface area contributed by atoms with E-state index < -0.39 is 4.32 Å². The van der Waals surface area contributed by atoms with Crippen molar-refractivity contribution in [1.29, 1.82) is 0 Å². The molecular formula is C13H16BrNO2. The molecule has 4 heteroatoms. The highest BCUT2D eigenvalue weighted by Gasteiger charge is 2.31. The average molecular weight is 298 g/mol. The van der Waals surface area contributed by atoms with Crippen LogP contribution in [0.5, 0.6) is 5.75 Å². The predicted octanol–water partition coefficient (Wildman–Crippen LogP) is 2.45. The van der Waals surface area contributed by atoms with E-state index in [0.29, 0.717) is 6.54 Å². The standard InChI is InChI=1S/C13H16BrNO2/c1-13(2,14)12(17)15-6-5-9-3-4-11(16)7-10(9)8-15/h3-4,7,16H,5-6,8H2,1-2H3. The summed E-state index contributed by atoms with van der Waals surface area (Å²) < 4.78 is -0.526. The van der Waals surface area contributed by atoms with Crippen molar-refractivity contribution in [1.82, 2.24) is 4.90 Å². The molecule has 3 nitrogen and oxygen atoms in total. The second-order valence-electron chi connectivity index (χ2n) is 4.90. The van der Waals surface area contributed by atoms with Crippen molar-refractivity contribution >= 4 is 21.8 Å². The fourth-order valence-corrected chi connectivity index (χ4v) is 2.34.